The van der Waals surface area contributed by atoms with E-state index in [4.69, 9.17) is 10.5 Å². The molecule has 2 heterocycles. The van der Waals surface area contributed by atoms with Crippen molar-refractivity contribution in [3.63, 3.8) is 0 Å². The van der Waals surface area contributed by atoms with Crippen molar-refractivity contribution in [1.29, 1.82) is 0 Å². The van der Waals surface area contributed by atoms with Crippen LogP contribution in [0.3, 0.4) is 0 Å². The number of para-hydroxylation sites is 1. The van der Waals surface area contributed by atoms with Crippen LogP contribution in [0.25, 0.3) is 10.9 Å². The molecule has 3 nitrogen and oxygen atoms in total. The Morgan fingerprint density at radius 3 is 3.14 bits per heavy atom. The number of hydrogen-bond donors (Lipinski definition) is 1. The Bertz CT molecular complexity index is 475. The van der Waals surface area contributed by atoms with Crippen molar-refractivity contribution in [1.82, 2.24) is 4.57 Å². The molecule has 0 amide bonds. The van der Waals surface area contributed by atoms with Gasteiger partial charge in [0.05, 0.1) is 13.2 Å². The summed E-state index contributed by atoms with van der Waals surface area (Å²) in [6.45, 7) is 1.27. The minimum Gasteiger partial charge on any atom is -0.372 e. The first-order valence-electron chi connectivity index (χ1n) is 4.78. The maximum atomic E-state index is 5.99. The van der Waals surface area contributed by atoms with Gasteiger partial charge >= 0.3 is 0 Å². The molecule has 0 aliphatic carbocycles. The van der Waals surface area contributed by atoms with Crippen LogP contribution in [-0.2, 0) is 11.3 Å². The maximum absolute atomic E-state index is 5.99. The van der Waals surface area contributed by atoms with E-state index >= 15 is 0 Å². The molecule has 2 N–H and O–H groups in total. The molecule has 1 atom stereocenters. The van der Waals surface area contributed by atoms with Crippen molar-refractivity contribution < 1.29 is 4.74 Å². The normalized spacial score (nSPS) is 21.1. The van der Waals surface area contributed by atoms with Gasteiger partial charge in [-0.2, -0.15) is 0 Å². The van der Waals surface area contributed by atoms with Gasteiger partial charge in [-0.1, -0.05) is 18.2 Å². The van der Waals surface area contributed by atoms with Crippen LogP contribution >= 0.6 is 0 Å². The van der Waals surface area contributed by atoms with Crippen LogP contribution in [0.5, 0.6) is 0 Å². The number of nitrogens with two attached hydrogens (primary N) is 1. The van der Waals surface area contributed by atoms with Gasteiger partial charge in [0.1, 0.15) is 6.17 Å². The topological polar surface area (TPSA) is 40.2 Å². The molecule has 0 saturated carbocycles. The molecule has 2 aromatic rings. The molecule has 0 radical (unpaired) electrons. The van der Waals surface area contributed by atoms with E-state index in [1.54, 1.807) is 0 Å². The smallest absolute Gasteiger partial charge is 0.105 e. The Morgan fingerprint density at radius 1 is 1.36 bits per heavy atom. The Balaban J connectivity index is 2.34. The number of benzene rings is 1. The highest BCUT2D eigenvalue weighted by atomic mass is 16.5. The average Bonchev–Trinajstić information content (AvgIpc) is 2.57. The minimum absolute atomic E-state index is 0.0429. The van der Waals surface area contributed by atoms with Crippen LogP contribution < -0.4 is 5.73 Å². The second kappa shape index (κ2) is 2.83. The molecule has 1 aliphatic rings. The summed E-state index contributed by atoms with van der Waals surface area (Å²) in [6.07, 6.45) is -0.0429. The van der Waals surface area contributed by atoms with Gasteiger partial charge < -0.3 is 15.0 Å². The molecule has 14 heavy (non-hydrogen) atoms. The predicted octanol–water partition coefficient (Wildman–Crippen LogP) is 1.63. The lowest BCUT2D eigenvalue weighted by Gasteiger charge is -2.23. The monoisotopic (exact) mass is 188 g/mol. The molecule has 1 aliphatic heterocycles. The summed E-state index contributed by atoms with van der Waals surface area (Å²) in [5.74, 6) is 0. The van der Waals surface area contributed by atoms with E-state index in [9.17, 15) is 0 Å². The number of ether oxygens (including phenoxy) is 1. The molecule has 3 rings (SSSR count). The summed E-state index contributed by atoms with van der Waals surface area (Å²) in [5.41, 5.74) is 8.37. The lowest BCUT2D eigenvalue weighted by atomic mass is 10.2. The van der Waals surface area contributed by atoms with E-state index in [-0.39, 0.29) is 6.17 Å². The summed E-state index contributed by atoms with van der Waals surface area (Å²) in [4.78, 5) is 0. The fourth-order valence-corrected chi connectivity index (χ4v) is 2.09. The summed E-state index contributed by atoms with van der Waals surface area (Å²) in [7, 11) is 0. The first-order valence-corrected chi connectivity index (χ1v) is 4.78. The fraction of sp³-hybridized carbons (Fsp3) is 0.273. The van der Waals surface area contributed by atoms with Crippen LogP contribution in [0.2, 0.25) is 0 Å². The molecule has 1 unspecified atom stereocenters. The van der Waals surface area contributed by atoms with Gasteiger partial charge in [-0.15, -0.1) is 0 Å². The largest absolute Gasteiger partial charge is 0.372 e. The van der Waals surface area contributed by atoms with E-state index < -0.39 is 0 Å². The molecule has 0 spiro atoms. The number of hydrogen-bond acceptors (Lipinski definition) is 2. The van der Waals surface area contributed by atoms with E-state index in [1.165, 1.54) is 16.6 Å². The zero-order chi connectivity index (χ0) is 9.54. The lowest BCUT2D eigenvalue weighted by Crippen LogP contribution is -2.29. The van der Waals surface area contributed by atoms with E-state index in [0.29, 0.717) is 13.2 Å². The van der Waals surface area contributed by atoms with Crippen molar-refractivity contribution >= 4 is 10.9 Å². The molecule has 0 bridgehead atoms. The molecular weight excluding hydrogens is 176 g/mol. The van der Waals surface area contributed by atoms with Crippen molar-refractivity contribution in [2.24, 2.45) is 5.73 Å². The Kier molecular flexibility index (Phi) is 1.63. The van der Waals surface area contributed by atoms with Crippen LogP contribution in [0.15, 0.2) is 30.3 Å². The molecule has 1 aromatic heterocycles. The van der Waals surface area contributed by atoms with E-state index in [1.807, 2.05) is 12.1 Å². The van der Waals surface area contributed by atoms with E-state index in [2.05, 4.69) is 22.8 Å². The van der Waals surface area contributed by atoms with Crippen LogP contribution in [0, 0.1) is 0 Å². The lowest BCUT2D eigenvalue weighted by molar-refractivity contribution is 0.0618. The highest BCUT2D eigenvalue weighted by molar-refractivity contribution is 5.81. The molecular formula is C11H12N2O. The molecule has 0 fully saturated rings. The Hall–Kier alpha value is -1.32. The standard InChI is InChI=1S/C11H12N2O/c12-11-7-14-6-9-5-8-3-1-2-4-10(8)13(9)11/h1-5,11H,6-7,12H2. The van der Waals surface area contributed by atoms with Crippen molar-refractivity contribution in [3.8, 4) is 0 Å². The molecule has 0 saturated heterocycles. The van der Waals surface area contributed by atoms with Gasteiger partial charge in [0.2, 0.25) is 0 Å². The van der Waals surface area contributed by atoms with Crippen LogP contribution in [0.4, 0.5) is 0 Å². The summed E-state index contributed by atoms with van der Waals surface area (Å²) >= 11 is 0. The summed E-state index contributed by atoms with van der Waals surface area (Å²) < 4.78 is 7.56. The third-order valence-corrected chi connectivity index (χ3v) is 2.70. The van der Waals surface area contributed by atoms with Gasteiger partial charge in [-0.25, -0.2) is 0 Å². The van der Waals surface area contributed by atoms with Gasteiger partial charge in [0.15, 0.2) is 0 Å². The molecule has 72 valence electrons. The fourth-order valence-electron chi connectivity index (χ4n) is 2.09. The predicted molar refractivity (Wildman–Crippen MR) is 54.8 cm³/mol. The number of fused-ring (bicyclic) bond motifs is 3. The van der Waals surface area contributed by atoms with Gasteiger partial charge in [0.25, 0.3) is 0 Å². The molecule has 3 heteroatoms. The van der Waals surface area contributed by atoms with Crippen LogP contribution in [0.1, 0.15) is 11.9 Å². The Morgan fingerprint density at radius 2 is 2.21 bits per heavy atom. The van der Waals surface area contributed by atoms with Crippen LogP contribution in [-0.4, -0.2) is 11.2 Å². The zero-order valence-corrected chi connectivity index (χ0v) is 7.81. The highest BCUT2D eigenvalue weighted by Crippen LogP contribution is 2.25. The van der Waals surface area contributed by atoms with Gasteiger partial charge in [-0.3, -0.25) is 0 Å². The summed E-state index contributed by atoms with van der Waals surface area (Å²) in [6, 6.07) is 10.4. The average molecular weight is 188 g/mol. The number of rotatable bonds is 0. The van der Waals surface area contributed by atoms with E-state index in [0.717, 1.165) is 0 Å². The van der Waals surface area contributed by atoms with Crippen molar-refractivity contribution in [3.05, 3.63) is 36.0 Å². The zero-order valence-electron chi connectivity index (χ0n) is 7.81. The second-order valence-corrected chi connectivity index (χ2v) is 3.65. The third kappa shape index (κ3) is 0.997. The number of aromatic nitrogens is 1. The number of nitrogens with zero attached hydrogens (tertiary/aromatic N) is 1. The highest BCUT2D eigenvalue weighted by Gasteiger charge is 2.18. The second-order valence-electron chi connectivity index (χ2n) is 3.65. The minimum atomic E-state index is -0.0429. The SMILES string of the molecule is NC1COCc2cc3ccccc3n21. The first kappa shape index (κ1) is 8.03. The van der Waals surface area contributed by atoms with Crippen molar-refractivity contribution in [2.45, 2.75) is 12.8 Å². The maximum Gasteiger partial charge on any atom is 0.105 e. The third-order valence-electron chi connectivity index (χ3n) is 2.70. The first-order chi connectivity index (χ1) is 6.86. The van der Waals surface area contributed by atoms with Gasteiger partial charge in [-0.05, 0) is 17.5 Å². The molecule has 1 aromatic carbocycles. The van der Waals surface area contributed by atoms with Crippen molar-refractivity contribution in [2.75, 3.05) is 6.61 Å². The quantitative estimate of drug-likeness (QED) is 0.682. The summed E-state index contributed by atoms with van der Waals surface area (Å²) in [5, 5.41) is 1.24. The Labute approximate surface area is 82.1 Å². The van der Waals surface area contributed by atoms with Gasteiger partial charge in [0, 0.05) is 11.2 Å².